The highest BCUT2D eigenvalue weighted by Gasteiger charge is 2.67. The molecule has 1 fully saturated rings. The fourth-order valence-electron chi connectivity index (χ4n) is 2.37. The summed E-state index contributed by atoms with van der Waals surface area (Å²) in [5.41, 5.74) is -4.73. The van der Waals surface area contributed by atoms with Crippen LogP contribution in [0.15, 0.2) is 15.8 Å². The van der Waals surface area contributed by atoms with Gasteiger partial charge in [0, 0.05) is 0 Å². The van der Waals surface area contributed by atoms with E-state index in [4.69, 9.17) is 4.74 Å². The number of aromatic nitrogens is 2. The summed E-state index contributed by atoms with van der Waals surface area (Å²) in [6.45, 7) is 0. The second-order valence-electron chi connectivity index (χ2n) is 5.86. The van der Waals surface area contributed by atoms with E-state index in [1.54, 1.807) is 4.98 Å². The van der Waals surface area contributed by atoms with Crippen molar-refractivity contribution in [3.8, 4) is 0 Å². The number of nitrogens with one attached hydrogen (secondary N) is 1. The molecule has 8 nitrogen and oxygen atoms in total. The highest BCUT2D eigenvalue weighted by atomic mass is 19.2. The van der Waals surface area contributed by atoms with Gasteiger partial charge in [-0.2, -0.15) is 4.39 Å². The Hall–Kier alpha value is -1.43. The predicted molar refractivity (Wildman–Crippen MR) is 76.8 cm³/mol. The molecule has 0 aromatic carbocycles. The number of halogens is 2. The molecule has 0 saturated carbocycles. The van der Waals surface area contributed by atoms with E-state index in [9.17, 15) is 33.7 Å². The Balaban J connectivity index is 2.64. The zero-order valence-electron chi connectivity index (χ0n) is 12.0. The highest BCUT2D eigenvalue weighted by molar-refractivity contribution is 6.39. The van der Waals surface area contributed by atoms with E-state index < -0.39 is 46.2 Å². The van der Waals surface area contributed by atoms with E-state index in [0.29, 0.717) is 10.8 Å². The van der Waals surface area contributed by atoms with Crippen molar-refractivity contribution in [2.45, 2.75) is 29.1 Å². The number of H-pyrrole nitrogens is 1. The van der Waals surface area contributed by atoms with Crippen molar-refractivity contribution >= 4 is 23.5 Å². The number of rotatable bonds is 2. The number of aliphatic hydroxyl groups is 3. The quantitative estimate of drug-likeness (QED) is 0.403. The van der Waals surface area contributed by atoms with Crippen LogP contribution in [0.3, 0.4) is 0 Å². The highest BCUT2D eigenvalue weighted by Crippen LogP contribution is 2.44. The number of alkyl halides is 1. The van der Waals surface area contributed by atoms with Crippen LogP contribution < -0.4 is 11.2 Å². The fourth-order valence-corrected chi connectivity index (χ4v) is 2.37. The van der Waals surface area contributed by atoms with Gasteiger partial charge in [-0.15, -0.1) is 0 Å². The number of nitrogens with zero attached hydrogens (tertiary/aromatic N) is 1. The van der Waals surface area contributed by atoms with Gasteiger partial charge in [-0.3, -0.25) is 14.3 Å². The molecular formula is C9H13B3F2N2O6. The molecule has 13 heteroatoms. The largest absolute Gasteiger partial charge is 0.402 e. The predicted octanol–water partition coefficient (Wildman–Crippen LogP) is -5.75. The zero-order chi connectivity index (χ0) is 17.1. The van der Waals surface area contributed by atoms with Crippen LogP contribution in [0, 0.1) is 5.82 Å². The summed E-state index contributed by atoms with van der Waals surface area (Å²) in [6, 6.07) is 0. The van der Waals surface area contributed by atoms with Crippen molar-refractivity contribution < 1.29 is 28.8 Å². The molecule has 1 saturated heterocycles. The number of ether oxygens (including phenoxy) is 1. The molecule has 0 aliphatic carbocycles. The van der Waals surface area contributed by atoms with Crippen LogP contribution in [-0.4, -0.2) is 71.9 Å². The van der Waals surface area contributed by atoms with Gasteiger partial charge in [-0.1, -0.05) is 0 Å². The van der Waals surface area contributed by atoms with E-state index in [-0.39, 0.29) is 0 Å². The maximum absolute atomic E-state index is 14.8. The Morgan fingerprint density at radius 1 is 1.36 bits per heavy atom. The van der Waals surface area contributed by atoms with Gasteiger partial charge in [0.15, 0.2) is 7.85 Å². The van der Waals surface area contributed by atoms with Crippen LogP contribution in [0.4, 0.5) is 8.78 Å². The van der Waals surface area contributed by atoms with E-state index in [2.05, 4.69) is 0 Å². The summed E-state index contributed by atoms with van der Waals surface area (Å²) in [5, 5.41) is 27.5. The first-order valence-electron chi connectivity index (χ1n) is 6.34. The standard InChI is InChI=1S/C9H13B3F2N2O6/c10-8(16-1-2(13)5(19)15-6(16)20)4(18)3(17)7(14,22-8)9(11,12)21/h1,3-4,17-18,21H,10-12H2,(H,15,19,20)/t3-,4+,7-,8-/m0/s1. The number of aromatic amines is 1. The van der Waals surface area contributed by atoms with E-state index >= 15 is 0 Å². The van der Waals surface area contributed by atoms with Crippen molar-refractivity contribution in [2.24, 2.45) is 0 Å². The zero-order valence-corrected chi connectivity index (χ0v) is 12.0. The first-order chi connectivity index (χ1) is 9.84. The molecule has 4 atom stereocenters. The van der Waals surface area contributed by atoms with Crippen molar-refractivity contribution in [3.63, 3.8) is 0 Å². The summed E-state index contributed by atoms with van der Waals surface area (Å²) in [7, 11) is 2.99. The summed E-state index contributed by atoms with van der Waals surface area (Å²) >= 11 is 0. The number of aliphatic hydroxyl groups excluding tert-OH is 2. The Kier molecular flexibility index (Phi) is 3.68. The minimum atomic E-state index is -3.13. The summed E-state index contributed by atoms with van der Waals surface area (Å²) in [4.78, 5) is 24.4. The van der Waals surface area contributed by atoms with Gasteiger partial charge in [0.05, 0.1) is 11.6 Å². The lowest BCUT2D eigenvalue weighted by atomic mass is 9.59. The van der Waals surface area contributed by atoms with Crippen molar-refractivity contribution in [1.29, 1.82) is 0 Å². The lowest BCUT2D eigenvalue weighted by Gasteiger charge is -2.36. The van der Waals surface area contributed by atoms with E-state index in [0.717, 1.165) is 23.5 Å². The third-order valence-electron chi connectivity index (χ3n) is 3.79. The van der Waals surface area contributed by atoms with Crippen LogP contribution in [0.5, 0.6) is 0 Å². The SMILES string of the molecule is BC(B)(O)[C@@]1(F)O[C@@](B)(n2cc(F)c(=O)[nH]c2=O)[C@H](O)[C@@H]1O. The molecule has 1 aromatic rings. The van der Waals surface area contributed by atoms with E-state index in [1.807, 2.05) is 0 Å². The lowest BCUT2D eigenvalue weighted by Crippen LogP contribution is -2.59. The average molecular weight is 316 g/mol. The van der Waals surface area contributed by atoms with Crippen LogP contribution in [-0.2, 0) is 10.4 Å². The molecule has 1 aliphatic heterocycles. The Morgan fingerprint density at radius 2 is 1.91 bits per heavy atom. The number of hydrogen-bond donors (Lipinski definition) is 4. The smallest absolute Gasteiger partial charge is 0.330 e. The molecule has 2 heterocycles. The van der Waals surface area contributed by atoms with E-state index in [1.165, 1.54) is 0 Å². The number of hydrogen-bond acceptors (Lipinski definition) is 6. The van der Waals surface area contributed by atoms with Crippen molar-refractivity contribution in [2.75, 3.05) is 0 Å². The van der Waals surface area contributed by atoms with Gasteiger partial charge in [0.2, 0.25) is 5.82 Å². The minimum absolute atomic E-state index is 0.407. The van der Waals surface area contributed by atoms with Gasteiger partial charge in [0.1, 0.15) is 33.5 Å². The first-order valence-corrected chi connectivity index (χ1v) is 6.34. The topological polar surface area (TPSA) is 125 Å². The van der Waals surface area contributed by atoms with Crippen LogP contribution in [0.25, 0.3) is 0 Å². The average Bonchev–Trinajstić information content (AvgIpc) is 2.56. The molecule has 2 rings (SSSR count). The molecule has 0 unspecified atom stereocenters. The molecule has 0 bridgehead atoms. The molecule has 1 aromatic heterocycles. The van der Waals surface area contributed by atoms with Gasteiger partial charge in [0.25, 0.3) is 11.4 Å². The Bertz CT molecular complexity index is 721. The Labute approximate surface area is 125 Å². The second-order valence-corrected chi connectivity index (χ2v) is 5.86. The summed E-state index contributed by atoms with van der Waals surface area (Å²) in [5.74, 6) is -4.50. The molecule has 0 spiro atoms. The normalized spacial score (nSPS) is 35.7. The molecule has 22 heavy (non-hydrogen) atoms. The molecule has 4 N–H and O–H groups in total. The molecule has 118 valence electrons. The lowest BCUT2D eigenvalue weighted by molar-refractivity contribution is -0.243. The molecule has 0 amide bonds. The van der Waals surface area contributed by atoms with Crippen LogP contribution in [0.1, 0.15) is 0 Å². The molecule has 1 aliphatic rings. The maximum atomic E-state index is 14.8. The molecular weight excluding hydrogens is 303 g/mol. The summed E-state index contributed by atoms with van der Waals surface area (Å²) in [6.07, 6.45) is -3.82. The van der Waals surface area contributed by atoms with Crippen LogP contribution in [0.2, 0.25) is 0 Å². The monoisotopic (exact) mass is 316 g/mol. The third-order valence-corrected chi connectivity index (χ3v) is 3.79. The van der Waals surface area contributed by atoms with Gasteiger partial charge in [-0.25, -0.2) is 9.18 Å². The van der Waals surface area contributed by atoms with Crippen molar-refractivity contribution in [3.05, 3.63) is 32.9 Å². The maximum Gasteiger partial charge on any atom is 0.330 e. The fraction of sp³-hybridized carbons (Fsp3) is 0.556. The second kappa shape index (κ2) is 4.78. The van der Waals surface area contributed by atoms with Crippen molar-refractivity contribution in [1.82, 2.24) is 9.55 Å². The minimum Gasteiger partial charge on any atom is -0.402 e. The third kappa shape index (κ3) is 2.16. The summed E-state index contributed by atoms with van der Waals surface area (Å²) < 4.78 is 33.5. The van der Waals surface area contributed by atoms with Gasteiger partial charge >= 0.3 is 5.69 Å². The van der Waals surface area contributed by atoms with Gasteiger partial charge < -0.3 is 20.1 Å². The van der Waals surface area contributed by atoms with Crippen LogP contribution >= 0.6 is 0 Å². The molecule has 0 radical (unpaired) electrons. The first kappa shape index (κ1) is 16.9. The van der Waals surface area contributed by atoms with Gasteiger partial charge in [-0.05, 0) is 0 Å². The Morgan fingerprint density at radius 3 is 2.36 bits per heavy atom.